The van der Waals surface area contributed by atoms with Crippen LogP contribution in [0.1, 0.15) is 71.6 Å². The number of likely N-dealkylation sites (tertiary alicyclic amines) is 1. The van der Waals surface area contributed by atoms with E-state index in [1.807, 2.05) is 6.20 Å². The summed E-state index contributed by atoms with van der Waals surface area (Å²) in [6.45, 7) is 8.10. The van der Waals surface area contributed by atoms with Crippen LogP contribution in [-0.2, 0) is 25.9 Å². The SMILES string of the molecule is CCc1ccc(CN2CCc3c(C(=O)N4CCCC[C@@H]4CC)csc3C2)nc1. The van der Waals surface area contributed by atoms with Crippen LogP contribution in [0.3, 0.4) is 0 Å². The fraction of sp³-hybridized carbons (Fsp3) is 0.565. The van der Waals surface area contributed by atoms with Gasteiger partial charge in [0.25, 0.3) is 5.91 Å². The van der Waals surface area contributed by atoms with E-state index < -0.39 is 0 Å². The van der Waals surface area contributed by atoms with Gasteiger partial charge in [0.05, 0.1) is 11.3 Å². The van der Waals surface area contributed by atoms with Crippen molar-refractivity contribution in [1.82, 2.24) is 14.8 Å². The number of hydrogen-bond acceptors (Lipinski definition) is 4. The van der Waals surface area contributed by atoms with Crippen molar-refractivity contribution in [3.05, 3.63) is 51.0 Å². The molecule has 0 aliphatic carbocycles. The Labute approximate surface area is 172 Å². The second-order valence-corrected chi connectivity index (χ2v) is 9.04. The number of aromatic nitrogens is 1. The van der Waals surface area contributed by atoms with Crippen LogP contribution in [0.15, 0.2) is 23.7 Å². The molecule has 1 fully saturated rings. The van der Waals surface area contributed by atoms with E-state index in [1.165, 1.54) is 22.4 Å². The maximum Gasteiger partial charge on any atom is 0.255 e. The lowest BCUT2D eigenvalue weighted by molar-refractivity contribution is 0.0606. The zero-order chi connectivity index (χ0) is 19.5. The first-order valence-electron chi connectivity index (χ1n) is 10.8. The number of carbonyl (C=O) groups is 1. The zero-order valence-electron chi connectivity index (χ0n) is 17.1. The van der Waals surface area contributed by atoms with E-state index in [-0.39, 0.29) is 5.91 Å². The summed E-state index contributed by atoms with van der Waals surface area (Å²) < 4.78 is 0. The van der Waals surface area contributed by atoms with Crippen LogP contribution in [0.2, 0.25) is 0 Å². The van der Waals surface area contributed by atoms with Crippen LogP contribution >= 0.6 is 11.3 Å². The number of hydrogen-bond donors (Lipinski definition) is 0. The summed E-state index contributed by atoms with van der Waals surface area (Å²) in [5.74, 6) is 0.273. The van der Waals surface area contributed by atoms with E-state index in [2.05, 4.69) is 46.1 Å². The Hall–Kier alpha value is -1.72. The molecule has 2 aliphatic heterocycles. The number of rotatable bonds is 5. The third kappa shape index (κ3) is 4.01. The molecule has 0 radical (unpaired) electrons. The Morgan fingerprint density at radius 3 is 2.89 bits per heavy atom. The number of piperidine rings is 1. The van der Waals surface area contributed by atoms with Gasteiger partial charge in [0.2, 0.25) is 0 Å². The largest absolute Gasteiger partial charge is 0.336 e. The van der Waals surface area contributed by atoms with E-state index in [1.54, 1.807) is 11.3 Å². The minimum Gasteiger partial charge on any atom is -0.336 e. The molecule has 1 saturated heterocycles. The Morgan fingerprint density at radius 1 is 1.25 bits per heavy atom. The number of amides is 1. The molecule has 150 valence electrons. The molecule has 0 saturated carbocycles. The summed E-state index contributed by atoms with van der Waals surface area (Å²) in [5.41, 5.74) is 4.70. The maximum atomic E-state index is 13.2. The zero-order valence-corrected chi connectivity index (χ0v) is 17.9. The van der Waals surface area contributed by atoms with Crippen molar-refractivity contribution in [1.29, 1.82) is 0 Å². The van der Waals surface area contributed by atoms with Crippen molar-refractivity contribution >= 4 is 17.2 Å². The Morgan fingerprint density at radius 2 is 2.14 bits per heavy atom. The predicted octanol–water partition coefficient (Wildman–Crippen LogP) is 4.67. The Bertz CT molecular complexity index is 814. The van der Waals surface area contributed by atoms with Crippen molar-refractivity contribution in [3.8, 4) is 0 Å². The lowest BCUT2D eigenvalue weighted by Gasteiger charge is -2.35. The highest BCUT2D eigenvalue weighted by molar-refractivity contribution is 7.10. The second-order valence-electron chi connectivity index (χ2n) is 8.08. The van der Waals surface area contributed by atoms with Crippen LogP contribution in [-0.4, -0.2) is 39.8 Å². The monoisotopic (exact) mass is 397 g/mol. The minimum atomic E-state index is 0.273. The van der Waals surface area contributed by atoms with Gasteiger partial charge in [-0.1, -0.05) is 19.9 Å². The van der Waals surface area contributed by atoms with E-state index in [0.29, 0.717) is 6.04 Å². The van der Waals surface area contributed by atoms with Crippen LogP contribution in [0.5, 0.6) is 0 Å². The van der Waals surface area contributed by atoms with Gasteiger partial charge in [-0.3, -0.25) is 14.7 Å². The van der Waals surface area contributed by atoms with Crippen LogP contribution in [0.4, 0.5) is 0 Å². The first-order chi connectivity index (χ1) is 13.7. The smallest absolute Gasteiger partial charge is 0.255 e. The van der Waals surface area contributed by atoms with Crippen LogP contribution in [0.25, 0.3) is 0 Å². The number of aryl methyl sites for hydroxylation is 1. The number of carbonyl (C=O) groups excluding carboxylic acids is 1. The highest BCUT2D eigenvalue weighted by Gasteiger charge is 2.30. The highest BCUT2D eigenvalue weighted by Crippen LogP contribution is 2.32. The molecule has 4 rings (SSSR count). The van der Waals surface area contributed by atoms with Gasteiger partial charge in [-0.25, -0.2) is 0 Å². The lowest BCUT2D eigenvalue weighted by Crippen LogP contribution is -2.43. The van der Waals surface area contributed by atoms with Gasteiger partial charge in [-0.15, -0.1) is 11.3 Å². The fourth-order valence-corrected chi connectivity index (χ4v) is 5.64. The van der Waals surface area contributed by atoms with Crippen LogP contribution < -0.4 is 0 Å². The van der Waals surface area contributed by atoms with Gasteiger partial charge in [0, 0.05) is 48.7 Å². The molecule has 2 aromatic rings. The topological polar surface area (TPSA) is 36.4 Å². The van der Waals surface area contributed by atoms with Gasteiger partial charge < -0.3 is 4.90 Å². The summed E-state index contributed by atoms with van der Waals surface area (Å²) in [5, 5.41) is 2.12. The maximum absolute atomic E-state index is 13.2. The summed E-state index contributed by atoms with van der Waals surface area (Å²) >= 11 is 1.76. The molecular weight excluding hydrogens is 366 g/mol. The number of fused-ring (bicyclic) bond motifs is 1. The third-order valence-corrected chi connectivity index (χ3v) is 7.31. The molecule has 0 aromatic carbocycles. The molecule has 0 N–H and O–H groups in total. The predicted molar refractivity (Wildman–Crippen MR) is 115 cm³/mol. The minimum absolute atomic E-state index is 0.273. The van der Waals surface area contributed by atoms with Gasteiger partial charge in [0.15, 0.2) is 0 Å². The van der Waals surface area contributed by atoms with Crippen molar-refractivity contribution in [3.63, 3.8) is 0 Å². The lowest BCUT2D eigenvalue weighted by atomic mass is 9.97. The fourth-order valence-electron chi connectivity index (χ4n) is 4.53. The highest BCUT2D eigenvalue weighted by atomic mass is 32.1. The molecule has 0 unspecified atom stereocenters. The van der Waals surface area contributed by atoms with E-state index in [9.17, 15) is 4.79 Å². The molecule has 4 heterocycles. The summed E-state index contributed by atoms with van der Waals surface area (Å²) in [6, 6.07) is 4.76. The molecule has 2 aromatic heterocycles. The molecule has 1 atom stereocenters. The van der Waals surface area contributed by atoms with E-state index in [0.717, 1.165) is 69.5 Å². The molecule has 1 amide bonds. The molecule has 0 bridgehead atoms. The summed E-state index contributed by atoms with van der Waals surface area (Å²) in [6.07, 6.45) is 8.62. The van der Waals surface area contributed by atoms with E-state index >= 15 is 0 Å². The molecule has 4 nitrogen and oxygen atoms in total. The molecule has 2 aliphatic rings. The molecule has 0 spiro atoms. The Balaban J connectivity index is 1.44. The van der Waals surface area contributed by atoms with Gasteiger partial charge in [-0.05, 0) is 55.7 Å². The van der Waals surface area contributed by atoms with Crippen molar-refractivity contribution in [2.24, 2.45) is 0 Å². The molecule has 5 heteroatoms. The number of thiophene rings is 1. The quantitative estimate of drug-likeness (QED) is 0.736. The first kappa shape index (κ1) is 19.6. The average molecular weight is 398 g/mol. The number of pyridine rings is 1. The first-order valence-corrected chi connectivity index (χ1v) is 11.6. The summed E-state index contributed by atoms with van der Waals surface area (Å²) in [4.78, 5) is 23.8. The number of nitrogens with zero attached hydrogens (tertiary/aromatic N) is 3. The standard InChI is InChI=1S/C23H31N3OS/c1-3-17-8-9-18(24-13-17)14-25-12-10-20-21(16-28-22(20)15-25)23(27)26-11-6-5-7-19(26)4-2/h8-9,13,16,19H,3-7,10-12,14-15H2,1-2H3/t19-/m0/s1. The van der Waals surface area contributed by atoms with Gasteiger partial charge in [0.1, 0.15) is 0 Å². The van der Waals surface area contributed by atoms with Crippen molar-refractivity contribution < 1.29 is 4.79 Å². The molecular formula is C23H31N3OS. The Kier molecular flexibility index (Phi) is 6.12. The second kappa shape index (κ2) is 8.75. The summed E-state index contributed by atoms with van der Waals surface area (Å²) in [7, 11) is 0. The van der Waals surface area contributed by atoms with Crippen molar-refractivity contribution in [2.45, 2.75) is 71.5 Å². The third-order valence-electron chi connectivity index (χ3n) is 6.30. The van der Waals surface area contributed by atoms with E-state index in [4.69, 9.17) is 0 Å². The van der Waals surface area contributed by atoms with Crippen molar-refractivity contribution in [2.75, 3.05) is 13.1 Å². The van der Waals surface area contributed by atoms with Gasteiger partial charge >= 0.3 is 0 Å². The van der Waals surface area contributed by atoms with Crippen LogP contribution in [0, 0.1) is 0 Å². The van der Waals surface area contributed by atoms with Gasteiger partial charge in [-0.2, -0.15) is 0 Å². The molecule has 28 heavy (non-hydrogen) atoms. The normalized spacial score (nSPS) is 20.2. The average Bonchev–Trinajstić information content (AvgIpc) is 3.17.